The lowest BCUT2D eigenvalue weighted by molar-refractivity contribution is -0.173. The molecule has 0 N–H and O–H groups in total. The summed E-state index contributed by atoms with van der Waals surface area (Å²) in [5.41, 5.74) is 3.97. The van der Waals surface area contributed by atoms with Crippen LogP contribution in [0.15, 0.2) is 132 Å². The number of ether oxygens (including phenoxy) is 2. The van der Waals surface area contributed by atoms with Crippen LogP contribution in [0.3, 0.4) is 0 Å². The van der Waals surface area contributed by atoms with Crippen LogP contribution >= 0.6 is 0 Å². The first-order valence-electron chi connectivity index (χ1n) is 13.6. The number of allylic oxidation sites excluding steroid dienone is 4. The van der Waals surface area contributed by atoms with Crippen molar-refractivity contribution >= 4 is 28.9 Å². The van der Waals surface area contributed by atoms with Crippen LogP contribution in [-0.4, -0.2) is 17.7 Å². The molecule has 202 valence electrons. The molecule has 0 aromatic heterocycles. The summed E-state index contributed by atoms with van der Waals surface area (Å²) in [4.78, 5) is 41.8. The fourth-order valence-corrected chi connectivity index (χ4v) is 5.67. The first kappa shape index (κ1) is 26.2. The average Bonchev–Trinajstić information content (AvgIpc) is 3.53. The van der Waals surface area contributed by atoms with Crippen molar-refractivity contribution in [1.82, 2.24) is 0 Å². The molecular weight excluding hydrogens is 512 g/mol. The summed E-state index contributed by atoms with van der Waals surface area (Å²) < 4.78 is 11.6. The third-order valence-corrected chi connectivity index (χ3v) is 7.71. The van der Waals surface area contributed by atoms with E-state index in [1.807, 2.05) is 121 Å². The van der Waals surface area contributed by atoms with E-state index in [0.717, 1.165) is 22.3 Å². The molecule has 1 fully saturated rings. The van der Waals surface area contributed by atoms with Gasteiger partial charge < -0.3 is 9.47 Å². The van der Waals surface area contributed by atoms with Gasteiger partial charge in [-0.05, 0) is 33.4 Å². The summed E-state index contributed by atoms with van der Waals surface area (Å²) in [5, 5.41) is 0. The molecule has 2 aliphatic rings. The van der Waals surface area contributed by atoms with Crippen LogP contribution in [0, 0.1) is 5.41 Å². The Morgan fingerprint density at radius 1 is 0.537 bits per heavy atom. The lowest BCUT2D eigenvalue weighted by Gasteiger charge is -2.25. The number of esters is 2. The van der Waals surface area contributed by atoms with Gasteiger partial charge in [0.2, 0.25) is 0 Å². The lowest BCUT2D eigenvalue weighted by Crippen LogP contribution is -2.40. The van der Waals surface area contributed by atoms with Gasteiger partial charge in [0.15, 0.2) is 11.2 Å². The second-order valence-corrected chi connectivity index (χ2v) is 10.3. The molecule has 1 saturated carbocycles. The second-order valence-electron chi connectivity index (χ2n) is 10.3. The van der Waals surface area contributed by atoms with Gasteiger partial charge in [0.05, 0.1) is 0 Å². The van der Waals surface area contributed by atoms with Crippen molar-refractivity contribution in [2.24, 2.45) is 5.41 Å². The van der Waals surface area contributed by atoms with E-state index in [9.17, 15) is 14.4 Å². The molecule has 0 unspecified atom stereocenters. The van der Waals surface area contributed by atoms with Gasteiger partial charge in [0, 0.05) is 24.0 Å². The molecule has 0 bridgehead atoms. The van der Waals surface area contributed by atoms with Gasteiger partial charge in [0.25, 0.3) is 0 Å². The summed E-state index contributed by atoms with van der Waals surface area (Å²) >= 11 is 0. The molecule has 6 rings (SSSR count). The van der Waals surface area contributed by atoms with E-state index in [1.165, 1.54) is 0 Å². The quantitative estimate of drug-likeness (QED) is 0.183. The maximum Gasteiger partial charge on any atom is 0.324 e. The van der Waals surface area contributed by atoms with Crippen LogP contribution in [-0.2, 0) is 37.1 Å². The highest BCUT2D eigenvalue weighted by Crippen LogP contribution is 2.56. The Kier molecular flexibility index (Phi) is 7.17. The van der Waals surface area contributed by atoms with Gasteiger partial charge in [-0.1, -0.05) is 121 Å². The van der Waals surface area contributed by atoms with Crippen LogP contribution in [0.5, 0.6) is 0 Å². The first-order chi connectivity index (χ1) is 20.1. The van der Waals surface area contributed by atoms with E-state index in [-0.39, 0.29) is 31.8 Å². The molecule has 0 saturated heterocycles. The number of Topliss-reactive ketones (excluding diaryl/α,β-unsaturated/α-hetero) is 1. The van der Waals surface area contributed by atoms with Gasteiger partial charge in [0.1, 0.15) is 13.2 Å². The van der Waals surface area contributed by atoms with Gasteiger partial charge in [-0.2, -0.15) is 0 Å². The summed E-state index contributed by atoms with van der Waals surface area (Å²) in [6, 6.07) is 37.5. The van der Waals surface area contributed by atoms with Gasteiger partial charge in [-0.25, -0.2) is 0 Å². The summed E-state index contributed by atoms with van der Waals surface area (Å²) in [6.07, 6.45) is 0.0474. The zero-order chi connectivity index (χ0) is 28.2. The largest absolute Gasteiger partial charge is 0.460 e. The summed E-state index contributed by atoms with van der Waals surface area (Å²) in [5.74, 6) is -1.40. The minimum atomic E-state index is -1.62. The molecule has 5 nitrogen and oxygen atoms in total. The maximum atomic E-state index is 13.9. The highest BCUT2D eigenvalue weighted by atomic mass is 16.6. The van der Waals surface area contributed by atoms with Crippen molar-refractivity contribution in [2.75, 3.05) is 0 Å². The summed E-state index contributed by atoms with van der Waals surface area (Å²) in [6.45, 7) is 0.0585. The van der Waals surface area contributed by atoms with E-state index in [4.69, 9.17) is 9.47 Å². The topological polar surface area (TPSA) is 69.7 Å². The van der Waals surface area contributed by atoms with Crippen LogP contribution in [0.1, 0.15) is 35.1 Å². The van der Waals surface area contributed by atoms with Crippen molar-refractivity contribution in [3.8, 4) is 0 Å². The highest BCUT2D eigenvalue weighted by molar-refractivity contribution is 6.47. The van der Waals surface area contributed by atoms with E-state index >= 15 is 0 Å². The molecular formula is C36H28O5. The zero-order valence-corrected chi connectivity index (χ0v) is 22.4. The molecule has 0 heterocycles. The van der Waals surface area contributed by atoms with Crippen molar-refractivity contribution in [3.05, 3.63) is 155 Å². The Morgan fingerprint density at radius 3 is 1.24 bits per heavy atom. The molecule has 2 aliphatic carbocycles. The minimum absolute atomic E-state index is 0.0237. The van der Waals surface area contributed by atoms with E-state index < -0.39 is 17.4 Å². The fraction of sp³-hybridized carbons (Fsp3) is 0.139. The average molecular weight is 541 g/mol. The fourth-order valence-electron chi connectivity index (χ4n) is 5.67. The Balaban J connectivity index is 1.42. The second kappa shape index (κ2) is 11.2. The Hall–Kier alpha value is -5.03. The number of hydrogen-bond donors (Lipinski definition) is 0. The third kappa shape index (κ3) is 5.03. The first-order valence-corrected chi connectivity index (χ1v) is 13.6. The maximum absolute atomic E-state index is 13.9. The molecule has 4 aromatic carbocycles. The van der Waals surface area contributed by atoms with Crippen LogP contribution in [0.4, 0.5) is 0 Å². The summed E-state index contributed by atoms with van der Waals surface area (Å²) in [7, 11) is 0. The Labute approximate surface area is 238 Å². The van der Waals surface area contributed by atoms with E-state index in [0.29, 0.717) is 22.3 Å². The predicted molar refractivity (Wildman–Crippen MR) is 156 cm³/mol. The number of rotatable bonds is 8. The van der Waals surface area contributed by atoms with E-state index in [2.05, 4.69) is 0 Å². The van der Waals surface area contributed by atoms with Crippen molar-refractivity contribution < 1.29 is 23.9 Å². The molecule has 0 spiro atoms. The SMILES string of the molecule is O=C1C(c2ccccc2)=C2CC(C(=O)OCc3ccccc3)(C(=O)OCc3ccccc3)CC2=C1c1ccccc1. The van der Waals surface area contributed by atoms with Crippen LogP contribution in [0.25, 0.3) is 11.1 Å². The van der Waals surface area contributed by atoms with Crippen LogP contribution in [0.2, 0.25) is 0 Å². The number of carbonyl (C=O) groups excluding carboxylic acids is 3. The van der Waals surface area contributed by atoms with Gasteiger partial charge in [-0.15, -0.1) is 0 Å². The molecule has 41 heavy (non-hydrogen) atoms. The van der Waals surface area contributed by atoms with Crippen molar-refractivity contribution in [3.63, 3.8) is 0 Å². The standard InChI is InChI=1S/C36H28O5/c37-33-31(27-17-9-3-10-18-27)29-21-36(34(38)40-23-25-13-5-1-6-14-25,35(39)41-24-26-15-7-2-8-16-26)22-30(29)32(33)28-19-11-4-12-20-28/h1-20H,21-24H2. The predicted octanol–water partition coefficient (Wildman–Crippen LogP) is 6.74. The Morgan fingerprint density at radius 2 is 0.878 bits per heavy atom. The Bertz CT molecular complexity index is 1530. The number of hydrogen-bond acceptors (Lipinski definition) is 5. The highest BCUT2D eigenvalue weighted by Gasteiger charge is 2.57. The number of benzene rings is 4. The number of ketones is 1. The normalized spacial score (nSPS) is 15.6. The van der Waals surface area contributed by atoms with Crippen LogP contribution < -0.4 is 0 Å². The molecule has 0 atom stereocenters. The third-order valence-electron chi connectivity index (χ3n) is 7.71. The molecule has 5 heteroatoms. The lowest BCUT2D eigenvalue weighted by atomic mass is 9.83. The minimum Gasteiger partial charge on any atom is -0.460 e. The molecule has 0 aliphatic heterocycles. The zero-order valence-electron chi connectivity index (χ0n) is 22.4. The molecule has 4 aromatic rings. The van der Waals surface area contributed by atoms with E-state index in [1.54, 1.807) is 0 Å². The van der Waals surface area contributed by atoms with Gasteiger partial charge >= 0.3 is 11.9 Å². The molecule has 0 radical (unpaired) electrons. The van der Waals surface area contributed by atoms with Crippen molar-refractivity contribution in [2.45, 2.75) is 26.1 Å². The number of carbonyl (C=O) groups is 3. The smallest absolute Gasteiger partial charge is 0.324 e. The molecule has 0 amide bonds. The number of fused-ring (bicyclic) bond motifs is 1. The monoisotopic (exact) mass is 540 g/mol. The van der Waals surface area contributed by atoms with Crippen molar-refractivity contribution in [1.29, 1.82) is 0 Å². The van der Waals surface area contributed by atoms with Gasteiger partial charge in [-0.3, -0.25) is 14.4 Å².